The highest BCUT2D eigenvalue weighted by Gasteiger charge is 2.33. The molecule has 0 bridgehead atoms. The van der Waals surface area contributed by atoms with Gasteiger partial charge in [0.25, 0.3) is 5.91 Å². The maximum atomic E-state index is 13.8. The highest BCUT2D eigenvalue weighted by molar-refractivity contribution is 7.10. The third-order valence-electron chi connectivity index (χ3n) is 6.23. The number of amides is 2. The molecule has 1 aliphatic rings. The summed E-state index contributed by atoms with van der Waals surface area (Å²) in [5, 5.41) is 2.05. The van der Waals surface area contributed by atoms with E-state index in [1.54, 1.807) is 22.3 Å². The molecule has 0 N–H and O–H groups in total. The van der Waals surface area contributed by atoms with Crippen LogP contribution in [0.5, 0.6) is 5.75 Å². The lowest BCUT2D eigenvalue weighted by Gasteiger charge is -2.37. The number of nitrogens with zero attached hydrogens (tertiary/aromatic N) is 2. The Hall–Kier alpha value is -3.19. The van der Waals surface area contributed by atoms with Crippen molar-refractivity contribution in [2.45, 2.75) is 32.7 Å². The molecule has 0 aliphatic carbocycles. The zero-order valence-electron chi connectivity index (χ0n) is 20.2. The molecular weight excluding hydrogens is 463 g/mol. The first-order valence-corrected chi connectivity index (χ1v) is 12.9. The van der Waals surface area contributed by atoms with Gasteiger partial charge in [-0.15, -0.1) is 11.3 Å². The first kappa shape index (κ1) is 24.9. The van der Waals surface area contributed by atoms with Crippen LogP contribution in [0, 0.1) is 11.7 Å². The normalized spacial score (nSPS) is 15.1. The Labute approximate surface area is 210 Å². The molecular formula is C28H31FN2O3S. The van der Waals surface area contributed by atoms with E-state index in [2.05, 4.69) is 25.3 Å². The van der Waals surface area contributed by atoms with Crippen LogP contribution in [0.4, 0.5) is 4.39 Å². The van der Waals surface area contributed by atoms with Crippen molar-refractivity contribution >= 4 is 23.2 Å². The summed E-state index contributed by atoms with van der Waals surface area (Å²) in [4.78, 5) is 31.5. The number of hydrogen-bond acceptors (Lipinski definition) is 4. The van der Waals surface area contributed by atoms with Crippen molar-refractivity contribution in [2.24, 2.45) is 5.92 Å². The molecule has 1 atom stereocenters. The van der Waals surface area contributed by atoms with Gasteiger partial charge >= 0.3 is 0 Å². The van der Waals surface area contributed by atoms with E-state index in [4.69, 9.17) is 4.74 Å². The minimum Gasteiger partial charge on any atom is -0.491 e. The molecule has 1 aromatic heterocycles. The standard InChI is InChI=1S/C28H31FN2O3S/c1-20(2)11-14-30(28(33)21-7-6-8-22(29)17-21)18-27(32)31-15-12-26-24(13-16-35-26)25(31)19-34-23-9-4-3-5-10-23/h3-10,13,16-17,20,25H,11-12,14-15,18-19H2,1-2H3/t25-/m1/s1. The molecule has 0 unspecified atom stereocenters. The van der Waals surface area contributed by atoms with E-state index in [0.29, 0.717) is 25.6 Å². The molecule has 0 fully saturated rings. The van der Waals surface area contributed by atoms with Crippen LogP contribution in [0.2, 0.25) is 0 Å². The summed E-state index contributed by atoms with van der Waals surface area (Å²) in [6.45, 7) is 5.44. The van der Waals surface area contributed by atoms with E-state index in [9.17, 15) is 14.0 Å². The van der Waals surface area contributed by atoms with Crippen LogP contribution in [0.3, 0.4) is 0 Å². The van der Waals surface area contributed by atoms with E-state index in [1.165, 1.54) is 23.1 Å². The Kier molecular flexibility index (Phi) is 8.18. The summed E-state index contributed by atoms with van der Waals surface area (Å²) in [6.07, 6.45) is 1.54. The van der Waals surface area contributed by atoms with Gasteiger partial charge < -0.3 is 14.5 Å². The molecule has 7 heteroatoms. The summed E-state index contributed by atoms with van der Waals surface area (Å²) < 4.78 is 19.8. The molecule has 3 aromatic rings. The number of halogens is 1. The summed E-state index contributed by atoms with van der Waals surface area (Å²) in [5.74, 6) is 0.191. The maximum absolute atomic E-state index is 13.8. The molecule has 0 saturated heterocycles. The van der Waals surface area contributed by atoms with Crippen molar-refractivity contribution in [3.05, 3.63) is 87.9 Å². The molecule has 35 heavy (non-hydrogen) atoms. The lowest BCUT2D eigenvalue weighted by atomic mass is 10.00. The van der Waals surface area contributed by atoms with Gasteiger partial charge in [-0.1, -0.05) is 38.1 Å². The van der Waals surface area contributed by atoms with Gasteiger partial charge in [0.05, 0.1) is 6.04 Å². The Bertz CT molecular complexity index is 1150. The predicted octanol–water partition coefficient (Wildman–Crippen LogP) is 5.58. The molecule has 0 saturated carbocycles. The van der Waals surface area contributed by atoms with Gasteiger partial charge in [-0.05, 0) is 66.1 Å². The predicted molar refractivity (Wildman–Crippen MR) is 136 cm³/mol. The second kappa shape index (κ2) is 11.5. The average Bonchev–Trinajstić information content (AvgIpc) is 3.34. The third-order valence-corrected chi connectivity index (χ3v) is 7.22. The fourth-order valence-electron chi connectivity index (χ4n) is 4.29. The van der Waals surface area contributed by atoms with Gasteiger partial charge in [-0.25, -0.2) is 4.39 Å². The molecule has 2 amide bonds. The molecule has 4 rings (SSSR count). The second-order valence-electron chi connectivity index (χ2n) is 9.20. The van der Waals surface area contributed by atoms with Crippen molar-refractivity contribution in [1.82, 2.24) is 9.80 Å². The molecule has 2 heterocycles. The fraction of sp³-hybridized carbons (Fsp3) is 0.357. The number of thiophene rings is 1. The molecule has 2 aromatic carbocycles. The van der Waals surface area contributed by atoms with Crippen LogP contribution in [-0.2, 0) is 11.2 Å². The van der Waals surface area contributed by atoms with E-state index >= 15 is 0 Å². The Morgan fingerprint density at radius 2 is 1.94 bits per heavy atom. The first-order valence-electron chi connectivity index (χ1n) is 12.0. The number of ether oxygens (including phenoxy) is 1. The largest absolute Gasteiger partial charge is 0.491 e. The summed E-state index contributed by atoms with van der Waals surface area (Å²) in [5.41, 5.74) is 1.36. The van der Waals surface area contributed by atoms with Gasteiger partial charge in [0, 0.05) is 23.5 Å². The second-order valence-corrected chi connectivity index (χ2v) is 10.2. The van der Waals surface area contributed by atoms with Crippen LogP contribution >= 0.6 is 11.3 Å². The molecule has 184 valence electrons. The molecule has 0 spiro atoms. The topological polar surface area (TPSA) is 49.9 Å². The van der Waals surface area contributed by atoms with Gasteiger partial charge in [-0.2, -0.15) is 0 Å². The number of carbonyl (C=O) groups excluding carboxylic acids is 2. The van der Waals surface area contributed by atoms with Gasteiger partial charge in [0.1, 0.15) is 24.7 Å². The Morgan fingerprint density at radius 1 is 1.14 bits per heavy atom. The van der Waals surface area contributed by atoms with Crippen molar-refractivity contribution in [3.63, 3.8) is 0 Å². The minimum absolute atomic E-state index is 0.0522. The van der Waals surface area contributed by atoms with Gasteiger partial charge in [0.15, 0.2) is 0 Å². The lowest BCUT2D eigenvalue weighted by Crippen LogP contribution is -2.48. The molecule has 5 nitrogen and oxygen atoms in total. The van der Waals surface area contributed by atoms with Gasteiger partial charge in [0.2, 0.25) is 5.91 Å². The van der Waals surface area contributed by atoms with E-state index in [0.717, 1.165) is 24.2 Å². The smallest absolute Gasteiger partial charge is 0.254 e. The third kappa shape index (κ3) is 6.28. The van der Waals surface area contributed by atoms with Crippen molar-refractivity contribution < 1.29 is 18.7 Å². The highest BCUT2D eigenvalue weighted by Crippen LogP contribution is 2.34. The average molecular weight is 495 g/mol. The molecule has 0 radical (unpaired) electrons. The van der Waals surface area contributed by atoms with Crippen LogP contribution in [0.15, 0.2) is 66.0 Å². The van der Waals surface area contributed by atoms with Crippen LogP contribution in [-0.4, -0.2) is 47.9 Å². The van der Waals surface area contributed by atoms with Crippen molar-refractivity contribution in [2.75, 3.05) is 26.2 Å². The van der Waals surface area contributed by atoms with Gasteiger partial charge in [-0.3, -0.25) is 9.59 Å². The number of rotatable bonds is 9. The summed E-state index contributed by atoms with van der Waals surface area (Å²) >= 11 is 1.70. The van der Waals surface area contributed by atoms with Crippen molar-refractivity contribution in [3.8, 4) is 5.75 Å². The minimum atomic E-state index is -0.467. The summed E-state index contributed by atoms with van der Waals surface area (Å²) in [7, 11) is 0. The number of hydrogen-bond donors (Lipinski definition) is 0. The number of fused-ring (bicyclic) bond motifs is 1. The Morgan fingerprint density at radius 3 is 2.69 bits per heavy atom. The first-order chi connectivity index (χ1) is 16.9. The molecule has 1 aliphatic heterocycles. The maximum Gasteiger partial charge on any atom is 0.254 e. The van der Waals surface area contributed by atoms with E-state index in [-0.39, 0.29) is 30.0 Å². The Balaban J connectivity index is 1.53. The SMILES string of the molecule is CC(C)CCN(CC(=O)N1CCc2sccc2[C@H]1COc1ccccc1)C(=O)c1cccc(F)c1. The van der Waals surface area contributed by atoms with Crippen molar-refractivity contribution in [1.29, 1.82) is 0 Å². The monoisotopic (exact) mass is 494 g/mol. The fourth-order valence-corrected chi connectivity index (χ4v) is 5.22. The quantitative estimate of drug-likeness (QED) is 0.390. The number of para-hydroxylation sites is 1. The lowest BCUT2D eigenvalue weighted by molar-refractivity contribution is -0.135. The zero-order chi connectivity index (χ0) is 24.8. The summed E-state index contributed by atoms with van der Waals surface area (Å²) in [6, 6.07) is 17.0. The van der Waals surface area contributed by atoms with E-state index in [1.807, 2.05) is 35.2 Å². The van der Waals surface area contributed by atoms with Crippen LogP contribution < -0.4 is 4.74 Å². The van der Waals surface area contributed by atoms with Crippen LogP contribution in [0.25, 0.3) is 0 Å². The van der Waals surface area contributed by atoms with Crippen LogP contribution in [0.1, 0.15) is 47.1 Å². The highest BCUT2D eigenvalue weighted by atomic mass is 32.1. The number of carbonyl (C=O) groups is 2. The zero-order valence-corrected chi connectivity index (χ0v) is 21.0. The number of benzene rings is 2. The van der Waals surface area contributed by atoms with E-state index < -0.39 is 5.82 Å².